The summed E-state index contributed by atoms with van der Waals surface area (Å²) in [6.45, 7) is 4.86. The molecule has 0 unspecified atom stereocenters. The Balaban J connectivity index is 1.60. The van der Waals surface area contributed by atoms with Crippen LogP contribution in [0, 0.1) is 5.92 Å². The van der Waals surface area contributed by atoms with E-state index in [9.17, 15) is 9.59 Å². The molecule has 1 heterocycles. The number of nitrogens with zero attached hydrogens (tertiary/aromatic N) is 2. The Bertz CT molecular complexity index is 539. The second-order valence-corrected chi connectivity index (χ2v) is 6.41. The quantitative estimate of drug-likeness (QED) is 0.859. The summed E-state index contributed by atoms with van der Waals surface area (Å²) in [7, 11) is 0. The molecule has 1 saturated heterocycles. The molecule has 1 aromatic rings. The molecule has 2 fully saturated rings. The monoisotopic (exact) mass is 300 g/mol. The molecule has 4 heteroatoms. The lowest BCUT2D eigenvalue weighted by atomic mass is 10.00. The minimum atomic E-state index is -0.119. The lowest BCUT2D eigenvalue weighted by Crippen LogP contribution is -2.39. The van der Waals surface area contributed by atoms with Crippen LogP contribution in [0.5, 0.6) is 0 Å². The topological polar surface area (TPSA) is 40.6 Å². The Morgan fingerprint density at radius 1 is 1.00 bits per heavy atom. The molecule has 1 saturated carbocycles. The maximum atomic E-state index is 12.7. The normalized spacial score (nSPS) is 20.4. The lowest BCUT2D eigenvalue weighted by Gasteiger charge is -2.25. The average molecular weight is 300 g/mol. The van der Waals surface area contributed by atoms with Crippen molar-refractivity contribution in [1.82, 2.24) is 9.80 Å². The smallest absolute Gasteiger partial charge is 0.229 e. The van der Waals surface area contributed by atoms with E-state index in [4.69, 9.17) is 0 Å². The molecule has 118 valence electrons. The van der Waals surface area contributed by atoms with Crippen LogP contribution in [-0.2, 0) is 9.59 Å². The number of rotatable bonds is 3. The Labute approximate surface area is 132 Å². The van der Waals surface area contributed by atoms with Crippen LogP contribution in [0.4, 0.5) is 0 Å². The highest BCUT2D eigenvalue weighted by molar-refractivity contribution is 5.84. The third kappa shape index (κ3) is 3.32. The Hall–Kier alpha value is -1.84. The van der Waals surface area contributed by atoms with E-state index in [1.165, 1.54) is 0 Å². The van der Waals surface area contributed by atoms with Gasteiger partial charge in [-0.25, -0.2) is 0 Å². The predicted molar refractivity (Wildman–Crippen MR) is 85.4 cm³/mol. The van der Waals surface area contributed by atoms with Crippen molar-refractivity contribution in [2.75, 3.05) is 26.2 Å². The van der Waals surface area contributed by atoms with Crippen molar-refractivity contribution in [3.8, 4) is 0 Å². The third-order valence-corrected chi connectivity index (χ3v) is 4.72. The highest BCUT2D eigenvalue weighted by Gasteiger charge is 2.34. The largest absolute Gasteiger partial charge is 0.341 e. The molecule has 22 heavy (non-hydrogen) atoms. The van der Waals surface area contributed by atoms with Crippen LogP contribution in [0.15, 0.2) is 30.3 Å². The molecule has 0 radical (unpaired) electrons. The van der Waals surface area contributed by atoms with Gasteiger partial charge in [0.05, 0.1) is 5.92 Å². The van der Waals surface area contributed by atoms with Crippen LogP contribution in [0.2, 0.25) is 0 Å². The molecule has 1 aliphatic carbocycles. The van der Waals surface area contributed by atoms with E-state index in [0.29, 0.717) is 19.0 Å². The van der Waals surface area contributed by atoms with E-state index in [-0.39, 0.29) is 17.7 Å². The maximum absolute atomic E-state index is 12.7. The summed E-state index contributed by atoms with van der Waals surface area (Å²) in [5, 5.41) is 0. The Morgan fingerprint density at radius 3 is 2.32 bits per heavy atom. The highest BCUT2D eigenvalue weighted by Crippen LogP contribution is 2.31. The first-order valence-corrected chi connectivity index (χ1v) is 8.29. The minimum Gasteiger partial charge on any atom is -0.341 e. The van der Waals surface area contributed by atoms with Gasteiger partial charge in [0.25, 0.3) is 0 Å². The fraction of sp³-hybridized carbons (Fsp3) is 0.556. The molecule has 0 bridgehead atoms. The Morgan fingerprint density at radius 2 is 1.64 bits per heavy atom. The number of hydrogen-bond acceptors (Lipinski definition) is 2. The zero-order valence-corrected chi connectivity index (χ0v) is 13.2. The van der Waals surface area contributed by atoms with Gasteiger partial charge in [-0.3, -0.25) is 9.59 Å². The number of carbonyl (C=O) groups is 2. The van der Waals surface area contributed by atoms with Crippen molar-refractivity contribution >= 4 is 11.8 Å². The zero-order valence-electron chi connectivity index (χ0n) is 13.2. The fourth-order valence-corrected chi connectivity index (χ4v) is 3.10. The second-order valence-electron chi connectivity index (χ2n) is 6.41. The lowest BCUT2D eigenvalue weighted by molar-refractivity contribution is -0.134. The molecule has 2 amide bonds. The summed E-state index contributed by atoms with van der Waals surface area (Å²) in [5.41, 5.74) is 1.06. The van der Waals surface area contributed by atoms with E-state index in [2.05, 4.69) is 0 Å². The van der Waals surface area contributed by atoms with Gasteiger partial charge in [0.15, 0.2) is 0 Å². The van der Waals surface area contributed by atoms with Gasteiger partial charge in [0, 0.05) is 32.1 Å². The van der Waals surface area contributed by atoms with Crippen LogP contribution < -0.4 is 0 Å². The molecule has 2 aliphatic rings. The highest BCUT2D eigenvalue weighted by atomic mass is 16.2. The number of amides is 2. The van der Waals surface area contributed by atoms with Gasteiger partial charge >= 0.3 is 0 Å². The van der Waals surface area contributed by atoms with Crippen LogP contribution >= 0.6 is 0 Å². The van der Waals surface area contributed by atoms with Gasteiger partial charge in [0.2, 0.25) is 11.8 Å². The number of carbonyl (C=O) groups excluding carboxylic acids is 2. The van der Waals surface area contributed by atoms with Crippen LogP contribution in [-0.4, -0.2) is 47.8 Å². The molecule has 0 N–H and O–H groups in total. The first-order valence-electron chi connectivity index (χ1n) is 8.29. The molecular formula is C18H24N2O2. The van der Waals surface area contributed by atoms with Gasteiger partial charge in [-0.15, -0.1) is 0 Å². The molecule has 0 spiro atoms. The van der Waals surface area contributed by atoms with Gasteiger partial charge in [-0.1, -0.05) is 30.3 Å². The van der Waals surface area contributed by atoms with Gasteiger partial charge < -0.3 is 9.80 Å². The third-order valence-electron chi connectivity index (χ3n) is 4.72. The van der Waals surface area contributed by atoms with Crippen molar-refractivity contribution in [1.29, 1.82) is 0 Å². The van der Waals surface area contributed by atoms with E-state index in [1.54, 1.807) is 0 Å². The van der Waals surface area contributed by atoms with Crippen molar-refractivity contribution < 1.29 is 9.59 Å². The first-order chi connectivity index (χ1) is 10.7. The summed E-state index contributed by atoms with van der Waals surface area (Å²) in [6.07, 6.45) is 2.97. The van der Waals surface area contributed by atoms with Crippen LogP contribution in [0.3, 0.4) is 0 Å². The van der Waals surface area contributed by atoms with Crippen molar-refractivity contribution in [3.63, 3.8) is 0 Å². The molecule has 4 nitrogen and oxygen atoms in total. The molecule has 1 aromatic carbocycles. The molecule has 1 atom stereocenters. The summed E-state index contributed by atoms with van der Waals surface area (Å²) < 4.78 is 0. The van der Waals surface area contributed by atoms with Gasteiger partial charge in [0.1, 0.15) is 0 Å². The van der Waals surface area contributed by atoms with Gasteiger partial charge in [-0.2, -0.15) is 0 Å². The second kappa shape index (κ2) is 6.51. The summed E-state index contributed by atoms with van der Waals surface area (Å²) in [4.78, 5) is 28.7. The average Bonchev–Trinajstić information content (AvgIpc) is 3.40. The van der Waals surface area contributed by atoms with E-state index in [0.717, 1.165) is 37.9 Å². The summed E-state index contributed by atoms with van der Waals surface area (Å²) in [5.74, 6) is 0.620. The molecule has 3 rings (SSSR count). The maximum Gasteiger partial charge on any atom is 0.229 e. The Kier molecular flexibility index (Phi) is 4.46. The summed E-state index contributed by atoms with van der Waals surface area (Å²) in [6, 6.07) is 9.91. The van der Waals surface area contributed by atoms with E-state index < -0.39 is 0 Å². The van der Waals surface area contributed by atoms with Crippen molar-refractivity contribution in [2.24, 2.45) is 5.92 Å². The summed E-state index contributed by atoms with van der Waals surface area (Å²) >= 11 is 0. The molecule has 0 aromatic heterocycles. The van der Waals surface area contributed by atoms with Crippen molar-refractivity contribution in [3.05, 3.63) is 35.9 Å². The predicted octanol–water partition coefficient (Wildman–Crippen LogP) is 2.26. The molecular weight excluding hydrogens is 276 g/mol. The van der Waals surface area contributed by atoms with E-state index in [1.807, 2.05) is 47.1 Å². The standard InChI is InChI=1S/C18H24N2O2/c1-14(15-6-3-2-4-7-15)17(21)19-10-5-11-20(13-12-19)18(22)16-8-9-16/h2-4,6-7,14,16H,5,8-13H2,1H3/t14-/m1/s1. The minimum absolute atomic E-state index is 0.119. The van der Waals surface area contributed by atoms with Crippen LogP contribution in [0.1, 0.15) is 37.7 Å². The SMILES string of the molecule is C[C@@H](C(=O)N1CCCN(C(=O)C2CC2)CC1)c1ccccc1. The number of hydrogen-bond donors (Lipinski definition) is 0. The van der Waals surface area contributed by atoms with E-state index >= 15 is 0 Å². The van der Waals surface area contributed by atoms with Crippen LogP contribution in [0.25, 0.3) is 0 Å². The van der Waals surface area contributed by atoms with Crippen molar-refractivity contribution in [2.45, 2.75) is 32.1 Å². The zero-order chi connectivity index (χ0) is 15.5. The molecule has 1 aliphatic heterocycles. The number of benzene rings is 1. The first kappa shape index (κ1) is 15.1. The fourth-order valence-electron chi connectivity index (χ4n) is 3.10. The van der Waals surface area contributed by atoms with Gasteiger partial charge in [-0.05, 0) is 31.7 Å².